The summed E-state index contributed by atoms with van der Waals surface area (Å²) in [5.41, 5.74) is 0.722. The van der Waals surface area contributed by atoms with E-state index in [9.17, 15) is 18.0 Å². The Balaban J connectivity index is 1.89. The van der Waals surface area contributed by atoms with Crippen molar-refractivity contribution in [2.24, 2.45) is 5.92 Å². The Morgan fingerprint density at radius 1 is 0.875 bits per heavy atom. The van der Waals surface area contributed by atoms with Gasteiger partial charge in [0.05, 0.1) is 11.9 Å². The van der Waals surface area contributed by atoms with E-state index in [-0.39, 0.29) is 24.1 Å². The molecule has 0 aliphatic heterocycles. The van der Waals surface area contributed by atoms with Crippen molar-refractivity contribution in [3.8, 4) is 11.5 Å². The first-order valence-corrected chi connectivity index (χ1v) is 15.3. The Kier molecular flexibility index (Phi) is 10.8. The molecular weight excluding hydrogens is 573 g/mol. The van der Waals surface area contributed by atoms with Crippen molar-refractivity contribution < 1.29 is 22.7 Å². The zero-order valence-electron chi connectivity index (χ0n) is 22.8. The van der Waals surface area contributed by atoms with Gasteiger partial charge in [-0.15, -0.1) is 0 Å². The molecule has 0 saturated carbocycles. The average molecular weight is 607 g/mol. The summed E-state index contributed by atoms with van der Waals surface area (Å²) in [5, 5.41) is 3.48. The van der Waals surface area contributed by atoms with Crippen LogP contribution in [0.4, 0.5) is 5.69 Å². The summed E-state index contributed by atoms with van der Waals surface area (Å²) in [6.07, 6.45) is 1.02. The maximum absolute atomic E-state index is 13.7. The number of anilines is 1. The number of halogens is 2. The highest BCUT2D eigenvalue weighted by Crippen LogP contribution is 2.28. The molecule has 0 saturated heterocycles. The van der Waals surface area contributed by atoms with Crippen LogP contribution in [0.25, 0.3) is 0 Å². The molecule has 0 radical (unpaired) electrons. The number of nitrogens with zero attached hydrogens (tertiary/aromatic N) is 2. The van der Waals surface area contributed by atoms with Gasteiger partial charge in [0, 0.05) is 28.7 Å². The number of sulfonamides is 1. The molecule has 40 heavy (non-hydrogen) atoms. The van der Waals surface area contributed by atoms with Gasteiger partial charge in [-0.05, 0) is 61.4 Å². The van der Waals surface area contributed by atoms with E-state index in [4.69, 9.17) is 27.9 Å². The minimum atomic E-state index is -3.88. The molecule has 3 rings (SSSR count). The standard InChI is InChI=1S/C29H33Cl2N3O5S/c1-20(2)17-32-29(36)21(3)33(18-25-26(30)11-8-12-27(25)31)28(35)19-34(40(4,37)38)22-13-15-24(16-14-22)39-23-9-6-5-7-10-23/h5-16,20-21H,17-19H2,1-4H3,(H,32,36)/t21-/m1/s1. The average Bonchev–Trinajstić information content (AvgIpc) is 2.90. The third-order valence-electron chi connectivity index (χ3n) is 6.02. The van der Waals surface area contributed by atoms with Gasteiger partial charge in [0.15, 0.2) is 0 Å². The van der Waals surface area contributed by atoms with Gasteiger partial charge in [0.1, 0.15) is 24.1 Å². The lowest BCUT2D eigenvalue weighted by atomic mass is 10.1. The van der Waals surface area contributed by atoms with E-state index in [0.29, 0.717) is 33.7 Å². The van der Waals surface area contributed by atoms with Crippen molar-refractivity contribution in [2.75, 3.05) is 23.7 Å². The number of hydrogen-bond donors (Lipinski definition) is 1. The second-order valence-electron chi connectivity index (χ2n) is 9.72. The van der Waals surface area contributed by atoms with Crippen LogP contribution < -0.4 is 14.4 Å². The van der Waals surface area contributed by atoms with Crippen LogP contribution in [0, 0.1) is 5.92 Å². The molecule has 1 atom stereocenters. The van der Waals surface area contributed by atoms with Gasteiger partial charge in [0.25, 0.3) is 0 Å². The van der Waals surface area contributed by atoms with Gasteiger partial charge in [-0.2, -0.15) is 0 Å². The van der Waals surface area contributed by atoms with Gasteiger partial charge in [-0.1, -0.05) is 61.3 Å². The predicted molar refractivity (Wildman–Crippen MR) is 159 cm³/mol. The number of carbonyl (C=O) groups excluding carboxylic acids is 2. The highest BCUT2D eigenvalue weighted by molar-refractivity contribution is 7.92. The number of hydrogen-bond acceptors (Lipinski definition) is 5. The van der Waals surface area contributed by atoms with E-state index >= 15 is 0 Å². The Morgan fingerprint density at radius 3 is 2.00 bits per heavy atom. The molecule has 3 aromatic carbocycles. The Hall–Kier alpha value is -3.27. The lowest BCUT2D eigenvalue weighted by Gasteiger charge is -2.32. The fourth-order valence-corrected chi connectivity index (χ4v) is 5.17. The minimum Gasteiger partial charge on any atom is -0.457 e. The number of benzene rings is 3. The van der Waals surface area contributed by atoms with E-state index in [1.165, 1.54) is 4.90 Å². The molecule has 1 N–H and O–H groups in total. The zero-order chi connectivity index (χ0) is 29.4. The Labute approximate surface area is 245 Å². The van der Waals surface area contributed by atoms with Gasteiger partial charge in [0.2, 0.25) is 21.8 Å². The predicted octanol–water partition coefficient (Wildman–Crippen LogP) is 5.74. The first kappa shape index (κ1) is 31.3. The van der Waals surface area contributed by atoms with Gasteiger partial charge in [-0.3, -0.25) is 13.9 Å². The third kappa shape index (κ3) is 8.61. The van der Waals surface area contributed by atoms with E-state index < -0.39 is 28.5 Å². The molecule has 0 unspecified atom stereocenters. The van der Waals surface area contributed by atoms with E-state index in [1.54, 1.807) is 61.5 Å². The van der Waals surface area contributed by atoms with Gasteiger partial charge >= 0.3 is 0 Å². The quantitative estimate of drug-likeness (QED) is 0.284. The highest BCUT2D eigenvalue weighted by atomic mass is 35.5. The largest absolute Gasteiger partial charge is 0.457 e. The SMILES string of the molecule is CC(C)CNC(=O)[C@@H](C)N(Cc1c(Cl)cccc1Cl)C(=O)CN(c1ccc(Oc2ccccc2)cc1)S(C)(=O)=O. The fourth-order valence-electron chi connectivity index (χ4n) is 3.81. The van der Waals surface area contributed by atoms with Crippen LogP contribution >= 0.6 is 23.2 Å². The van der Waals surface area contributed by atoms with Crippen molar-refractivity contribution in [1.82, 2.24) is 10.2 Å². The number of nitrogens with one attached hydrogen (secondary N) is 1. The molecule has 8 nitrogen and oxygen atoms in total. The van der Waals surface area contributed by atoms with E-state index in [0.717, 1.165) is 10.6 Å². The molecule has 0 aliphatic rings. The second-order valence-corrected chi connectivity index (χ2v) is 12.4. The lowest BCUT2D eigenvalue weighted by molar-refractivity contribution is -0.139. The maximum atomic E-state index is 13.7. The molecule has 0 aromatic heterocycles. The smallest absolute Gasteiger partial charge is 0.244 e. The van der Waals surface area contributed by atoms with Crippen molar-refractivity contribution in [1.29, 1.82) is 0 Å². The second kappa shape index (κ2) is 13.9. The summed E-state index contributed by atoms with van der Waals surface area (Å²) < 4.78 is 32.4. The van der Waals surface area contributed by atoms with Gasteiger partial charge < -0.3 is 15.0 Å². The summed E-state index contributed by atoms with van der Waals surface area (Å²) >= 11 is 12.7. The summed E-state index contributed by atoms with van der Waals surface area (Å²) in [7, 11) is -3.88. The summed E-state index contributed by atoms with van der Waals surface area (Å²) in [5.74, 6) is 0.355. The van der Waals surface area contributed by atoms with Crippen LogP contribution in [-0.2, 0) is 26.2 Å². The lowest BCUT2D eigenvalue weighted by Crippen LogP contribution is -2.51. The monoisotopic (exact) mass is 605 g/mol. The molecule has 11 heteroatoms. The summed E-state index contributed by atoms with van der Waals surface area (Å²) in [6, 6.07) is 19.5. The van der Waals surface area contributed by atoms with Crippen LogP contribution in [0.2, 0.25) is 10.0 Å². The molecule has 2 amide bonds. The molecule has 0 heterocycles. The van der Waals surface area contributed by atoms with E-state index in [2.05, 4.69) is 5.32 Å². The van der Waals surface area contributed by atoms with Crippen LogP contribution in [0.5, 0.6) is 11.5 Å². The molecule has 0 aliphatic carbocycles. The van der Waals surface area contributed by atoms with Gasteiger partial charge in [-0.25, -0.2) is 8.42 Å². The normalized spacial score (nSPS) is 12.1. The van der Waals surface area contributed by atoms with Crippen molar-refractivity contribution in [3.63, 3.8) is 0 Å². The molecule has 3 aromatic rings. The number of para-hydroxylation sites is 1. The first-order valence-electron chi connectivity index (χ1n) is 12.7. The van der Waals surface area contributed by atoms with Crippen molar-refractivity contribution in [3.05, 3.63) is 88.4 Å². The number of rotatable bonds is 12. The molecule has 0 bridgehead atoms. The minimum absolute atomic E-state index is 0.0882. The van der Waals surface area contributed by atoms with Crippen molar-refractivity contribution in [2.45, 2.75) is 33.4 Å². The van der Waals surface area contributed by atoms with Crippen LogP contribution in [0.3, 0.4) is 0 Å². The first-order chi connectivity index (χ1) is 18.9. The summed E-state index contributed by atoms with van der Waals surface area (Å²) in [6.45, 7) is 5.29. The molecular formula is C29H33Cl2N3O5S. The number of carbonyl (C=O) groups is 2. The maximum Gasteiger partial charge on any atom is 0.244 e. The Bertz CT molecular complexity index is 1400. The third-order valence-corrected chi connectivity index (χ3v) is 7.87. The topological polar surface area (TPSA) is 96.0 Å². The van der Waals surface area contributed by atoms with Crippen molar-refractivity contribution >= 4 is 50.7 Å². The highest BCUT2D eigenvalue weighted by Gasteiger charge is 2.31. The molecule has 0 fully saturated rings. The number of ether oxygens (including phenoxy) is 1. The van der Waals surface area contributed by atoms with Crippen LogP contribution in [0.1, 0.15) is 26.3 Å². The summed E-state index contributed by atoms with van der Waals surface area (Å²) in [4.78, 5) is 28.0. The number of amides is 2. The van der Waals surface area contributed by atoms with Crippen LogP contribution in [0.15, 0.2) is 72.8 Å². The molecule has 214 valence electrons. The van der Waals surface area contributed by atoms with E-state index in [1.807, 2.05) is 32.0 Å². The zero-order valence-corrected chi connectivity index (χ0v) is 25.1. The van der Waals surface area contributed by atoms with Crippen LogP contribution in [-0.4, -0.2) is 50.5 Å². The Morgan fingerprint density at radius 2 is 1.45 bits per heavy atom. The molecule has 0 spiro atoms. The fraction of sp³-hybridized carbons (Fsp3) is 0.310.